The largest absolute Gasteiger partial charge is 0.496 e. The maximum atomic E-state index is 14.0. The van der Waals surface area contributed by atoms with Crippen molar-refractivity contribution in [1.29, 1.82) is 0 Å². The summed E-state index contributed by atoms with van der Waals surface area (Å²) in [6.45, 7) is 0.239. The van der Waals surface area contributed by atoms with Gasteiger partial charge in [0.2, 0.25) is 0 Å². The highest BCUT2D eigenvalue weighted by Crippen LogP contribution is 2.38. The number of aromatic nitrogens is 2. The lowest BCUT2D eigenvalue weighted by Crippen LogP contribution is -2.59. The van der Waals surface area contributed by atoms with Crippen LogP contribution in [0.15, 0.2) is 42.6 Å². The van der Waals surface area contributed by atoms with Gasteiger partial charge in [-0.1, -0.05) is 6.08 Å². The Kier molecular flexibility index (Phi) is 5.50. The van der Waals surface area contributed by atoms with E-state index in [-0.39, 0.29) is 13.2 Å². The number of pyridine rings is 1. The lowest BCUT2D eigenvalue weighted by atomic mass is 9.94. The Hall–Kier alpha value is -3.48. The van der Waals surface area contributed by atoms with Crippen LogP contribution in [0, 0.1) is 5.82 Å². The highest BCUT2D eigenvalue weighted by atomic mass is 32.2. The number of halogens is 1. The van der Waals surface area contributed by atoms with E-state index < -0.39 is 34.2 Å². The van der Waals surface area contributed by atoms with Crippen molar-refractivity contribution in [1.82, 2.24) is 19.0 Å². The molecule has 2 unspecified atom stereocenters. The van der Waals surface area contributed by atoms with Gasteiger partial charge in [0.15, 0.2) is 0 Å². The highest BCUT2D eigenvalue weighted by molar-refractivity contribution is 7.87. The fourth-order valence-electron chi connectivity index (χ4n) is 4.63. The minimum atomic E-state index is -4.24. The minimum Gasteiger partial charge on any atom is -0.496 e. The Bertz CT molecular complexity index is 1420. The molecule has 2 aliphatic heterocycles. The topological polar surface area (TPSA) is 134 Å². The summed E-state index contributed by atoms with van der Waals surface area (Å²) < 4.78 is 52.9. The summed E-state index contributed by atoms with van der Waals surface area (Å²) in [7, 11) is -2.72. The van der Waals surface area contributed by atoms with Crippen LogP contribution in [-0.4, -0.2) is 66.3 Å². The summed E-state index contributed by atoms with van der Waals surface area (Å²) in [6, 6.07) is 6.73. The van der Waals surface area contributed by atoms with E-state index in [2.05, 4.69) is 9.97 Å². The van der Waals surface area contributed by atoms with Crippen molar-refractivity contribution in [3.8, 4) is 16.9 Å². The lowest BCUT2D eigenvalue weighted by molar-refractivity contribution is 0.00620. The number of morpholine rings is 1. The maximum absolute atomic E-state index is 14.0. The van der Waals surface area contributed by atoms with Gasteiger partial charge in [-0.2, -0.15) is 12.7 Å². The molecule has 4 heterocycles. The molecular formula is C22H21FN4O6S. The van der Waals surface area contributed by atoms with Crippen LogP contribution in [0.4, 0.5) is 9.18 Å². The maximum Gasteiger partial charge on any atom is 0.419 e. The SMILES string of the molecule is COc1ccc(F)cc1-c1ccnc2[nH]c(C3=CC4COCC(C3)N4S(=O)(=O)NC(=O)O)cc12. The second kappa shape index (κ2) is 8.38. The highest BCUT2D eigenvalue weighted by Gasteiger charge is 2.43. The predicted molar refractivity (Wildman–Crippen MR) is 121 cm³/mol. The molecule has 178 valence electrons. The zero-order valence-corrected chi connectivity index (χ0v) is 18.8. The number of nitrogens with zero attached hydrogens (tertiary/aromatic N) is 2. The Morgan fingerprint density at radius 3 is 2.85 bits per heavy atom. The zero-order chi connectivity index (χ0) is 24.0. The summed E-state index contributed by atoms with van der Waals surface area (Å²) in [5.74, 6) is 0.127. The number of methoxy groups -OCH3 is 1. The molecule has 0 aliphatic carbocycles. The van der Waals surface area contributed by atoms with Gasteiger partial charge in [0, 0.05) is 22.8 Å². The van der Waals surface area contributed by atoms with E-state index in [1.807, 2.05) is 6.07 Å². The molecule has 1 amide bonds. The van der Waals surface area contributed by atoms with Crippen molar-refractivity contribution in [2.24, 2.45) is 0 Å². The van der Waals surface area contributed by atoms with Gasteiger partial charge in [-0.15, -0.1) is 0 Å². The van der Waals surface area contributed by atoms with Gasteiger partial charge in [-0.3, -0.25) is 0 Å². The number of aromatic amines is 1. The molecule has 10 nitrogen and oxygen atoms in total. The fraction of sp³-hybridized carbons (Fsp3) is 0.273. The molecule has 0 saturated carbocycles. The molecule has 1 fully saturated rings. The number of H-pyrrole nitrogens is 1. The molecule has 0 radical (unpaired) electrons. The van der Waals surface area contributed by atoms with E-state index in [0.717, 1.165) is 26.5 Å². The molecule has 3 aromatic rings. The van der Waals surface area contributed by atoms with Crippen LogP contribution in [-0.2, 0) is 14.9 Å². The quantitative estimate of drug-likeness (QED) is 0.503. The first-order chi connectivity index (χ1) is 16.3. The van der Waals surface area contributed by atoms with Crippen LogP contribution in [0.1, 0.15) is 12.1 Å². The normalized spacial score (nSPS) is 20.7. The van der Waals surface area contributed by atoms with Gasteiger partial charge in [0.25, 0.3) is 0 Å². The van der Waals surface area contributed by atoms with Crippen molar-refractivity contribution in [3.05, 3.63) is 54.1 Å². The van der Waals surface area contributed by atoms with Crippen molar-refractivity contribution >= 4 is 32.9 Å². The van der Waals surface area contributed by atoms with E-state index >= 15 is 0 Å². The molecule has 34 heavy (non-hydrogen) atoms. The number of amides is 1. The number of ether oxygens (including phenoxy) is 2. The number of carbonyl (C=O) groups is 1. The Labute approximate surface area is 194 Å². The molecule has 1 saturated heterocycles. The van der Waals surface area contributed by atoms with Crippen LogP contribution in [0.25, 0.3) is 27.7 Å². The fourth-order valence-corrected chi connectivity index (χ4v) is 5.96. The third kappa shape index (κ3) is 3.89. The first-order valence-electron chi connectivity index (χ1n) is 10.4. The third-order valence-corrected chi connectivity index (χ3v) is 7.51. The van der Waals surface area contributed by atoms with Gasteiger partial charge >= 0.3 is 16.3 Å². The zero-order valence-electron chi connectivity index (χ0n) is 18.0. The molecule has 2 atom stereocenters. The molecule has 0 spiro atoms. The average molecular weight is 488 g/mol. The average Bonchev–Trinajstić information content (AvgIpc) is 3.22. The van der Waals surface area contributed by atoms with Gasteiger partial charge in [-0.05, 0) is 47.9 Å². The summed E-state index contributed by atoms with van der Waals surface area (Å²) in [5, 5.41) is 9.68. The monoisotopic (exact) mass is 488 g/mol. The first-order valence-corrected chi connectivity index (χ1v) is 11.9. The second-order valence-corrected chi connectivity index (χ2v) is 9.62. The van der Waals surface area contributed by atoms with E-state index in [1.165, 1.54) is 19.2 Å². The van der Waals surface area contributed by atoms with Gasteiger partial charge < -0.3 is 19.6 Å². The van der Waals surface area contributed by atoms with Crippen LogP contribution < -0.4 is 9.46 Å². The molecule has 2 aromatic heterocycles. The summed E-state index contributed by atoms with van der Waals surface area (Å²) in [5.41, 5.74) is 3.50. The number of hydrogen-bond acceptors (Lipinski definition) is 6. The summed E-state index contributed by atoms with van der Waals surface area (Å²) in [4.78, 5) is 18.6. The van der Waals surface area contributed by atoms with Crippen molar-refractivity contribution in [3.63, 3.8) is 0 Å². The van der Waals surface area contributed by atoms with Crippen molar-refractivity contribution in [2.75, 3.05) is 20.3 Å². The van der Waals surface area contributed by atoms with Gasteiger partial charge in [-0.25, -0.2) is 18.9 Å². The number of carboxylic acid groups (broad SMARTS) is 1. The number of hydrogen-bond donors (Lipinski definition) is 3. The van der Waals surface area contributed by atoms with Crippen molar-refractivity contribution < 1.29 is 32.2 Å². The number of fused-ring (bicyclic) bond motifs is 3. The third-order valence-electron chi connectivity index (χ3n) is 5.96. The van der Waals surface area contributed by atoms with E-state index in [1.54, 1.807) is 29.1 Å². The molecule has 2 bridgehead atoms. The molecule has 12 heteroatoms. The number of benzene rings is 1. The van der Waals surface area contributed by atoms with E-state index in [4.69, 9.17) is 14.6 Å². The van der Waals surface area contributed by atoms with Crippen LogP contribution in [0.5, 0.6) is 5.75 Å². The second-order valence-electron chi connectivity index (χ2n) is 8.05. The predicted octanol–water partition coefficient (Wildman–Crippen LogP) is 2.75. The standard InChI is InChI=1S/C22H21FN4O6S/c1-32-20-3-2-13(23)8-17(20)16-4-5-24-21-18(16)9-19(25-21)12-6-14-10-33-11-15(7-12)27(14)34(30,31)26-22(28)29/h2-6,8-9,14-15,26H,7,10-11H2,1H3,(H,24,25)(H,28,29). The minimum absolute atomic E-state index is 0.102. The lowest BCUT2D eigenvalue weighted by Gasteiger charge is -2.42. The van der Waals surface area contributed by atoms with Crippen molar-refractivity contribution in [2.45, 2.75) is 18.5 Å². The van der Waals surface area contributed by atoms with Crippen LogP contribution in [0.3, 0.4) is 0 Å². The molecule has 2 aliphatic rings. The molecule has 5 rings (SSSR count). The Balaban J connectivity index is 1.56. The Morgan fingerprint density at radius 2 is 2.12 bits per heavy atom. The summed E-state index contributed by atoms with van der Waals surface area (Å²) >= 11 is 0. The van der Waals surface area contributed by atoms with E-state index in [0.29, 0.717) is 23.4 Å². The van der Waals surface area contributed by atoms with Crippen LogP contribution >= 0.6 is 0 Å². The number of nitrogens with one attached hydrogen (secondary N) is 2. The van der Waals surface area contributed by atoms with E-state index in [9.17, 15) is 17.6 Å². The molecular weight excluding hydrogens is 467 g/mol. The summed E-state index contributed by atoms with van der Waals surface area (Å²) in [6.07, 6.45) is 2.04. The molecule has 1 aromatic carbocycles. The van der Waals surface area contributed by atoms with Gasteiger partial charge in [0.1, 0.15) is 17.2 Å². The molecule has 3 N–H and O–H groups in total. The van der Waals surface area contributed by atoms with Gasteiger partial charge in [0.05, 0.1) is 32.4 Å². The first kappa shape index (κ1) is 22.3. The Morgan fingerprint density at radius 1 is 1.29 bits per heavy atom. The smallest absolute Gasteiger partial charge is 0.419 e. The van der Waals surface area contributed by atoms with Crippen LogP contribution in [0.2, 0.25) is 0 Å². The number of rotatable bonds is 5.